The Bertz CT molecular complexity index is 1080. The fourth-order valence-electron chi connectivity index (χ4n) is 3.04. The largest absolute Gasteiger partial charge is 0.493 e. The molecule has 28 heavy (non-hydrogen) atoms. The van der Waals surface area contributed by atoms with Crippen molar-refractivity contribution in [3.05, 3.63) is 47.6 Å². The van der Waals surface area contributed by atoms with E-state index in [1.165, 1.54) is 6.26 Å². The summed E-state index contributed by atoms with van der Waals surface area (Å²) >= 11 is 0. The number of Topliss-reactive ketones (excluding diaryl/α,β-unsaturated/α-hetero) is 1. The van der Waals surface area contributed by atoms with Crippen molar-refractivity contribution in [3.63, 3.8) is 0 Å². The first-order chi connectivity index (χ1) is 13.4. The molecule has 4 rings (SSSR count). The standard InChI is InChI=1S/C21H22N4O3/c1-4-27-17-8-19-24-18(21(2,3)12-22)10-25(19)9-14(17)7-16(26)15-11-28-20(23-15)13-5-6-13/h8-11,13H,4-7H2,1-3H3. The second-order valence-corrected chi connectivity index (χ2v) is 7.67. The molecular formula is C21H22N4O3. The second kappa shape index (κ2) is 6.79. The summed E-state index contributed by atoms with van der Waals surface area (Å²) in [5.74, 6) is 1.52. The van der Waals surface area contributed by atoms with Gasteiger partial charge in [-0.25, -0.2) is 9.97 Å². The van der Waals surface area contributed by atoms with Gasteiger partial charge >= 0.3 is 0 Å². The first-order valence-electron chi connectivity index (χ1n) is 9.46. The van der Waals surface area contributed by atoms with Gasteiger partial charge in [0, 0.05) is 36.4 Å². The van der Waals surface area contributed by atoms with Gasteiger partial charge in [-0.15, -0.1) is 0 Å². The average molecular weight is 378 g/mol. The Hall–Kier alpha value is -3.14. The van der Waals surface area contributed by atoms with Crippen LogP contribution in [-0.2, 0) is 11.8 Å². The van der Waals surface area contributed by atoms with E-state index in [0.717, 1.165) is 18.4 Å². The van der Waals surface area contributed by atoms with Crippen LogP contribution in [0.15, 0.2) is 29.1 Å². The zero-order chi connectivity index (χ0) is 19.9. The number of carbonyl (C=O) groups is 1. The number of aromatic nitrogens is 3. The molecule has 144 valence electrons. The number of pyridine rings is 1. The Morgan fingerprint density at radius 3 is 2.86 bits per heavy atom. The van der Waals surface area contributed by atoms with Crippen molar-refractivity contribution in [2.75, 3.05) is 6.61 Å². The van der Waals surface area contributed by atoms with Crippen LogP contribution in [0.3, 0.4) is 0 Å². The van der Waals surface area contributed by atoms with E-state index in [1.54, 1.807) is 0 Å². The quantitative estimate of drug-likeness (QED) is 0.580. The normalized spacial score (nSPS) is 14.2. The van der Waals surface area contributed by atoms with E-state index in [1.807, 2.05) is 43.6 Å². The van der Waals surface area contributed by atoms with Gasteiger partial charge in [0.15, 0.2) is 11.7 Å². The van der Waals surface area contributed by atoms with Crippen LogP contribution < -0.4 is 4.74 Å². The summed E-state index contributed by atoms with van der Waals surface area (Å²) in [4.78, 5) is 21.6. The van der Waals surface area contributed by atoms with Gasteiger partial charge in [-0.05, 0) is 33.6 Å². The minimum Gasteiger partial charge on any atom is -0.493 e. The zero-order valence-corrected chi connectivity index (χ0v) is 16.2. The highest BCUT2D eigenvalue weighted by atomic mass is 16.5. The predicted molar refractivity (Wildman–Crippen MR) is 102 cm³/mol. The van der Waals surface area contributed by atoms with Gasteiger partial charge in [-0.3, -0.25) is 4.79 Å². The maximum atomic E-state index is 12.7. The number of imidazole rings is 1. The molecule has 0 unspecified atom stereocenters. The lowest BCUT2D eigenvalue weighted by atomic mass is 9.92. The molecule has 0 radical (unpaired) electrons. The molecule has 1 saturated carbocycles. The minimum absolute atomic E-state index is 0.117. The third-order valence-corrected chi connectivity index (χ3v) is 4.94. The van der Waals surface area contributed by atoms with Gasteiger partial charge in [0.25, 0.3) is 0 Å². The van der Waals surface area contributed by atoms with Crippen molar-refractivity contribution in [2.45, 2.75) is 51.4 Å². The van der Waals surface area contributed by atoms with E-state index in [4.69, 9.17) is 9.15 Å². The zero-order valence-electron chi connectivity index (χ0n) is 16.2. The van der Waals surface area contributed by atoms with E-state index >= 15 is 0 Å². The van der Waals surface area contributed by atoms with Crippen LogP contribution in [0.2, 0.25) is 0 Å². The van der Waals surface area contributed by atoms with Crippen molar-refractivity contribution in [2.24, 2.45) is 0 Å². The van der Waals surface area contributed by atoms with Crippen LogP contribution in [-0.4, -0.2) is 26.8 Å². The third kappa shape index (κ3) is 3.38. The fourth-order valence-corrected chi connectivity index (χ4v) is 3.04. The molecule has 7 heteroatoms. The molecular weight excluding hydrogens is 356 g/mol. The summed E-state index contributed by atoms with van der Waals surface area (Å²) in [6.45, 7) is 6.02. The molecule has 0 bridgehead atoms. The summed E-state index contributed by atoms with van der Waals surface area (Å²) in [7, 11) is 0. The summed E-state index contributed by atoms with van der Waals surface area (Å²) in [6.07, 6.45) is 7.40. The van der Waals surface area contributed by atoms with E-state index in [2.05, 4.69) is 16.0 Å². The SMILES string of the molecule is CCOc1cc2nc(C(C)(C)C#N)cn2cc1CC(=O)c1coc(C2CC2)n1. The number of hydrogen-bond acceptors (Lipinski definition) is 6. The number of nitriles is 1. The lowest BCUT2D eigenvalue weighted by Gasteiger charge is -2.10. The van der Waals surface area contributed by atoms with Crippen molar-refractivity contribution in [1.29, 1.82) is 5.26 Å². The van der Waals surface area contributed by atoms with Crippen molar-refractivity contribution < 1.29 is 13.9 Å². The highest BCUT2D eigenvalue weighted by Gasteiger charge is 2.29. The van der Waals surface area contributed by atoms with Crippen molar-refractivity contribution >= 4 is 11.4 Å². The highest BCUT2D eigenvalue weighted by Crippen LogP contribution is 2.39. The molecule has 0 aliphatic heterocycles. The highest BCUT2D eigenvalue weighted by molar-refractivity contribution is 5.95. The summed E-state index contributed by atoms with van der Waals surface area (Å²) < 4.78 is 13.0. The first kappa shape index (κ1) is 18.2. The monoisotopic (exact) mass is 378 g/mol. The molecule has 0 N–H and O–H groups in total. The number of hydrogen-bond donors (Lipinski definition) is 0. The number of ketones is 1. The Balaban J connectivity index is 1.66. The molecule has 1 aliphatic carbocycles. The van der Waals surface area contributed by atoms with Crippen LogP contribution in [0.5, 0.6) is 5.75 Å². The summed E-state index contributed by atoms with van der Waals surface area (Å²) in [6, 6.07) is 4.07. The average Bonchev–Trinajstić information content (AvgIpc) is 3.24. The first-order valence-corrected chi connectivity index (χ1v) is 9.46. The molecule has 0 aromatic carbocycles. The van der Waals surface area contributed by atoms with E-state index in [9.17, 15) is 10.1 Å². The lowest BCUT2D eigenvalue weighted by molar-refractivity contribution is 0.0987. The van der Waals surface area contributed by atoms with Crippen LogP contribution in [0.25, 0.3) is 5.65 Å². The van der Waals surface area contributed by atoms with E-state index < -0.39 is 5.41 Å². The molecule has 0 saturated heterocycles. The number of oxazole rings is 1. The number of rotatable bonds is 7. The Morgan fingerprint density at radius 1 is 1.39 bits per heavy atom. The third-order valence-electron chi connectivity index (χ3n) is 4.94. The van der Waals surface area contributed by atoms with Gasteiger partial charge < -0.3 is 13.6 Å². The second-order valence-electron chi connectivity index (χ2n) is 7.67. The molecule has 3 aromatic rings. The van der Waals surface area contributed by atoms with E-state index in [-0.39, 0.29) is 12.2 Å². The van der Waals surface area contributed by atoms with Gasteiger partial charge in [-0.2, -0.15) is 5.26 Å². The number of nitrogens with zero attached hydrogens (tertiary/aromatic N) is 4. The smallest absolute Gasteiger partial charge is 0.197 e. The van der Waals surface area contributed by atoms with Crippen LogP contribution in [0.1, 0.15) is 67.2 Å². The van der Waals surface area contributed by atoms with Crippen molar-refractivity contribution in [1.82, 2.24) is 14.4 Å². The van der Waals surface area contributed by atoms with Crippen LogP contribution >= 0.6 is 0 Å². The summed E-state index contributed by atoms with van der Waals surface area (Å²) in [5, 5.41) is 9.37. The molecule has 0 amide bonds. The fraction of sp³-hybridized carbons (Fsp3) is 0.429. The number of fused-ring (bicyclic) bond motifs is 1. The molecule has 3 heterocycles. The molecule has 7 nitrogen and oxygen atoms in total. The Labute approximate surface area is 163 Å². The maximum Gasteiger partial charge on any atom is 0.197 e. The lowest BCUT2D eigenvalue weighted by Crippen LogP contribution is -2.14. The van der Waals surface area contributed by atoms with Gasteiger partial charge in [0.2, 0.25) is 0 Å². The molecule has 3 aromatic heterocycles. The van der Waals surface area contributed by atoms with Gasteiger partial charge in [0.1, 0.15) is 23.4 Å². The van der Waals surface area contributed by atoms with Crippen LogP contribution in [0, 0.1) is 11.3 Å². The molecule has 1 fully saturated rings. The Kier molecular flexibility index (Phi) is 4.42. The van der Waals surface area contributed by atoms with Crippen molar-refractivity contribution in [3.8, 4) is 11.8 Å². The number of carbonyl (C=O) groups excluding carboxylic acids is 1. The van der Waals surface area contributed by atoms with Crippen LogP contribution in [0.4, 0.5) is 0 Å². The molecule has 1 aliphatic rings. The topological polar surface area (TPSA) is 93.4 Å². The maximum absolute atomic E-state index is 12.7. The van der Waals surface area contributed by atoms with E-state index in [0.29, 0.717) is 41.2 Å². The van der Waals surface area contributed by atoms with Gasteiger partial charge in [-0.1, -0.05) is 0 Å². The minimum atomic E-state index is -0.701. The van der Waals surface area contributed by atoms with Gasteiger partial charge in [0.05, 0.1) is 23.8 Å². The molecule has 0 atom stereocenters. The number of ether oxygens (including phenoxy) is 1. The molecule has 0 spiro atoms. The summed E-state index contributed by atoms with van der Waals surface area (Å²) in [5.41, 5.74) is 1.74. The predicted octanol–water partition coefficient (Wildman–Crippen LogP) is 3.82. The Morgan fingerprint density at radius 2 is 2.18 bits per heavy atom.